The fraction of sp³-hybridized carbons (Fsp3) is 0.353. The van der Waals surface area contributed by atoms with Crippen LogP contribution in [-0.4, -0.2) is 32.1 Å². The van der Waals surface area contributed by atoms with Crippen LogP contribution in [0.2, 0.25) is 0 Å². The molecule has 0 spiro atoms. The fourth-order valence-electron chi connectivity index (χ4n) is 3.31. The molecule has 4 rings (SSSR count). The highest BCUT2D eigenvalue weighted by Crippen LogP contribution is 2.33. The summed E-state index contributed by atoms with van der Waals surface area (Å²) in [6.07, 6.45) is 3.97. The van der Waals surface area contributed by atoms with E-state index in [1.807, 2.05) is 40.6 Å². The Morgan fingerprint density at radius 2 is 2.29 bits per heavy atom. The highest BCUT2D eigenvalue weighted by atomic mass is 32.1. The highest BCUT2D eigenvalue weighted by Gasteiger charge is 2.31. The van der Waals surface area contributed by atoms with Gasteiger partial charge in [-0.1, -0.05) is 6.07 Å². The van der Waals surface area contributed by atoms with Gasteiger partial charge in [0.05, 0.1) is 12.1 Å². The molecule has 124 valence electrons. The van der Waals surface area contributed by atoms with Gasteiger partial charge in [-0.3, -0.25) is 4.40 Å². The van der Waals surface area contributed by atoms with Crippen molar-refractivity contribution in [2.45, 2.75) is 31.8 Å². The summed E-state index contributed by atoms with van der Waals surface area (Å²) in [5.41, 5.74) is 2.01. The monoisotopic (exact) mass is 341 g/mol. The molecule has 2 amide bonds. The van der Waals surface area contributed by atoms with E-state index in [1.54, 1.807) is 11.3 Å². The zero-order valence-electron chi connectivity index (χ0n) is 13.4. The predicted octanol–water partition coefficient (Wildman–Crippen LogP) is 3.40. The summed E-state index contributed by atoms with van der Waals surface area (Å²) in [4.78, 5) is 14.7. The molecule has 1 fully saturated rings. The zero-order chi connectivity index (χ0) is 16.5. The minimum Gasteiger partial charge on any atom is -0.328 e. The zero-order valence-corrected chi connectivity index (χ0v) is 14.2. The molecule has 1 aliphatic rings. The maximum atomic E-state index is 12.8. The Balaban J connectivity index is 1.51. The lowest BCUT2D eigenvalue weighted by Crippen LogP contribution is -2.40. The molecule has 0 saturated carbocycles. The summed E-state index contributed by atoms with van der Waals surface area (Å²) >= 11 is 1.67. The third-order valence-electron chi connectivity index (χ3n) is 4.51. The molecule has 3 aromatic heterocycles. The largest absolute Gasteiger partial charge is 0.328 e. The van der Waals surface area contributed by atoms with E-state index in [1.165, 1.54) is 5.56 Å². The second-order valence-corrected chi connectivity index (χ2v) is 6.85. The number of carbonyl (C=O) groups excluding carboxylic acids is 1. The predicted molar refractivity (Wildman–Crippen MR) is 92.9 cm³/mol. The second-order valence-electron chi connectivity index (χ2n) is 6.07. The molecule has 24 heavy (non-hydrogen) atoms. The van der Waals surface area contributed by atoms with Crippen LogP contribution < -0.4 is 5.32 Å². The highest BCUT2D eigenvalue weighted by molar-refractivity contribution is 7.07. The SMILES string of the molecule is CC(NC(=O)N1CCCC1c1ccsc1)c1nnc2ccccn12. The summed E-state index contributed by atoms with van der Waals surface area (Å²) in [6, 6.07) is 7.80. The van der Waals surface area contributed by atoms with Crippen molar-refractivity contribution in [3.63, 3.8) is 0 Å². The average molecular weight is 341 g/mol. The number of thiophene rings is 1. The van der Waals surface area contributed by atoms with Crippen molar-refractivity contribution >= 4 is 23.0 Å². The Kier molecular flexibility index (Phi) is 3.93. The smallest absolute Gasteiger partial charge is 0.318 e. The van der Waals surface area contributed by atoms with E-state index in [4.69, 9.17) is 0 Å². The first-order valence-electron chi connectivity index (χ1n) is 8.13. The van der Waals surface area contributed by atoms with E-state index in [2.05, 4.69) is 32.3 Å². The molecular weight excluding hydrogens is 322 g/mol. The van der Waals surface area contributed by atoms with Crippen LogP contribution in [0.5, 0.6) is 0 Å². The number of amides is 2. The summed E-state index contributed by atoms with van der Waals surface area (Å²) in [6.45, 7) is 2.73. The van der Waals surface area contributed by atoms with Crippen molar-refractivity contribution in [3.05, 3.63) is 52.6 Å². The summed E-state index contributed by atoms with van der Waals surface area (Å²) in [5, 5.41) is 15.6. The number of hydrogen-bond donors (Lipinski definition) is 1. The van der Waals surface area contributed by atoms with Crippen LogP contribution in [0.15, 0.2) is 41.2 Å². The van der Waals surface area contributed by atoms with Crippen LogP contribution in [0, 0.1) is 0 Å². The minimum absolute atomic E-state index is 0.0381. The van der Waals surface area contributed by atoms with Crippen LogP contribution >= 0.6 is 11.3 Å². The van der Waals surface area contributed by atoms with Crippen LogP contribution in [0.1, 0.15) is 43.2 Å². The normalized spacial score (nSPS) is 18.9. The molecule has 0 radical (unpaired) electrons. The van der Waals surface area contributed by atoms with Gasteiger partial charge in [0.2, 0.25) is 0 Å². The number of pyridine rings is 1. The first kappa shape index (κ1) is 15.1. The Bertz CT molecular complexity index is 844. The van der Waals surface area contributed by atoms with Crippen LogP contribution in [0.25, 0.3) is 5.65 Å². The topological polar surface area (TPSA) is 62.5 Å². The second kappa shape index (κ2) is 6.24. The van der Waals surface area contributed by atoms with Crippen LogP contribution in [-0.2, 0) is 0 Å². The number of nitrogens with zero attached hydrogens (tertiary/aromatic N) is 4. The summed E-state index contributed by atoms with van der Waals surface area (Å²) < 4.78 is 1.91. The number of hydrogen-bond acceptors (Lipinski definition) is 4. The number of fused-ring (bicyclic) bond motifs is 1. The molecule has 6 nitrogen and oxygen atoms in total. The van der Waals surface area contributed by atoms with Crippen molar-refractivity contribution < 1.29 is 4.79 Å². The van der Waals surface area contributed by atoms with Crippen molar-refractivity contribution in [1.29, 1.82) is 0 Å². The quantitative estimate of drug-likeness (QED) is 0.794. The van der Waals surface area contributed by atoms with Gasteiger partial charge in [0.1, 0.15) is 0 Å². The van der Waals surface area contributed by atoms with E-state index in [0.29, 0.717) is 0 Å². The van der Waals surface area contributed by atoms with Crippen LogP contribution in [0.4, 0.5) is 4.79 Å². The van der Waals surface area contributed by atoms with Gasteiger partial charge in [0, 0.05) is 12.7 Å². The molecule has 3 aromatic rings. The third kappa shape index (κ3) is 2.65. The Hall–Kier alpha value is -2.41. The number of urea groups is 1. The van der Waals surface area contributed by atoms with E-state index in [-0.39, 0.29) is 18.1 Å². The van der Waals surface area contributed by atoms with Crippen molar-refractivity contribution in [3.8, 4) is 0 Å². The molecule has 1 N–H and O–H groups in total. The standard InChI is InChI=1S/C17H19N5OS/c1-12(16-20-19-15-6-2-3-8-22(15)16)18-17(23)21-9-4-5-14(21)13-7-10-24-11-13/h2-3,6-8,10-12,14H,4-5,9H2,1H3,(H,18,23). The number of rotatable bonds is 3. The molecule has 0 aromatic carbocycles. The van der Waals surface area contributed by atoms with E-state index in [0.717, 1.165) is 30.9 Å². The number of carbonyl (C=O) groups is 1. The third-order valence-corrected chi connectivity index (χ3v) is 5.21. The first-order valence-corrected chi connectivity index (χ1v) is 9.07. The summed E-state index contributed by atoms with van der Waals surface area (Å²) in [7, 11) is 0. The minimum atomic E-state index is -0.210. The van der Waals surface area contributed by atoms with Crippen molar-refractivity contribution in [1.82, 2.24) is 24.8 Å². The van der Waals surface area contributed by atoms with Gasteiger partial charge < -0.3 is 10.2 Å². The maximum absolute atomic E-state index is 12.8. The van der Waals surface area contributed by atoms with Gasteiger partial charge in [-0.2, -0.15) is 11.3 Å². The molecule has 2 unspecified atom stereocenters. The molecule has 1 saturated heterocycles. The lowest BCUT2D eigenvalue weighted by Gasteiger charge is -2.26. The lowest BCUT2D eigenvalue weighted by atomic mass is 10.1. The Labute approximate surface area is 144 Å². The fourth-order valence-corrected chi connectivity index (χ4v) is 4.02. The summed E-state index contributed by atoms with van der Waals surface area (Å²) in [5.74, 6) is 0.741. The molecule has 1 aliphatic heterocycles. The molecular formula is C17H19N5OS. The molecule has 4 heterocycles. The average Bonchev–Trinajstić information content (AvgIpc) is 3.33. The van der Waals surface area contributed by atoms with Gasteiger partial charge in [-0.15, -0.1) is 10.2 Å². The molecule has 2 atom stereocenters. The Morgan fingerprint density at radius 1 is 1.38 bits per heavy atom. The molecule has 7 heteroatoms. The lowest BCUT2D eigenvalue weighted by molar-refractivity contribution is 0.189. The molecule has 0 aliphatic carbocycles. The van der Waals surface area contributed by atoms with E-state index < -0.39 is 0 Å². The van der Waals surface area contributed by atoms with Crippen molar-refractivity contribution in [2.75, 3.05) is 6.54 Å². The van der Waals surface area contributed by atoms with Gasteiger partial charge in [0.25, 0.3) is 0 Å². The first-order chi connectivity index (χ1) is 11.7. The Morgan fingerprint density at radius 3 is 3.12 bits per heavy atom. The molecule has 0 bridgehead atoms. The number of aromatic nitrogens is 3. The van der Waals surface area contributed by atoms with Gasteiger partial charge in [0.15, 0.2) is 11.5 Å². The van der Waals surface area contributed by atoms with E-state index >= 15 is 0 Å². The number of likely N-dealkylation sites (tertiary alicyclic amines) is 1. The van der Waals surface area contributed by atoms with E-state index in [9.17, 15) is 4.79 Å². The van der Waals surface area contributed by atoms with Crippen molar-refractivity contribution in [2.24, 2.45) is 0 Å². The van der Waals surface area contributed by atoms with Crippen LogP contribution in [0.3, 0.4) is 0 Å². The van der Waals surface area contributed by atoms with Gasteiger partial charge in [-0.25, -0.2) is 4.79 Å². The van der Waals surface area contributed by atoms with Gasteiger partial charge in [-0.05, 0) is 54.3 Å². The number of nitrogens with one attached hydrogen (secondary N) is 1. The maximum Gasteiger partial charge on any atom is 0.318 e. The van der Waals surface area contributed by atoms with Gasteiger partial charge >= 0.3 is 6.03 Å².